The molecule has 1 rings (SSSR count). The van der Waals surface area contributed by atoms with Crippen LogP contribution in [0.4, 0.5) is 10.1 Å². The number of rotatable bonds is 2. The van der Waals surface area contributed by atoms with Crippen LogP contribution >= 0.6 is 0 Å². The largest absolute Gasteiger partial charge is 0.478 e. The van der Waals surface area contributed by atoms with E-state index in [2.05, 4.69) is 5.32 Å². The third-order valence-corrected chi connectivity index (χ3v) is 1.72. The summed E-state index contributed by atoms with van der Waals surface area (Å²) in [7, 11) is 0. The van der Waals surface area contributed by atoms with Crippen LogP contribution in [0.2, 0.25) is 0 Å². The Kier molecular flexibility index (Phi) is 2.98. The lowest BCUT2D eigenvalue weighted by molar-refractivity contribution is 0.0697. The molecule has 0 saturated carbocycles. The van der Waals surface area contributed by atoms with Crippen molar-refractivity contribution in [3.8, 4) is 0 Å². The maximum Gasteiger partial charge on any atom is 0.337 e. The molecule has 0 spiro atoms. The number of aromatic carboxylic acids is 1. The van der Waals surface area contributed by atoms with Crippen molar-refractivity contribution in [1.29, 1.82) is 0 Å². The summed E-state index contributed by atoms with van der Waals surface area (Å²) in [6.07, 6.45) is 0. The third kappa shape index (κ3) is 3.23. The normalized spacial score (nSPS) is 11.2. The molecule has 0 aromatic heterocycles. The van der Waals surface area contributed by atoms with Crippen LogP contribution in [0.25, 0.3) is 0 Å². The Hall–Kier alpha value is -1.58. The van der Waals surface area contributed by atoms with Crippen molar-refractivity contribution in [2.75, 3.05) is 5.32 Å². The van der Waals surface area contributed by atoms with E-state index in [1.807, 2.05) is 20.8 Å². The number of hydrogen-bond donors (Lipinski definition) is 2. The van der Waals surface area contributed by atoms with E-state index in [-0.39, 0.29) is 11.1 Å². The molecule has 0 atom stereocenters. The molecule has 15 heavy (non-hydrogen) atoms. The van der Waals surface area contributed by atoms with Crippen molar-refractivity contribution in [2.45, 2.75) is 26.3 Å². The lowest BCUT2D eigenvalue weighted by Crippen LogP contribution is -2.27. The van der Waals surface area contributed by atoms with Gasteiger partial charge < -0.3 is 10.4 Å². The number of halogens is 1. The van der Waals surface area contributed by atoms with Crippen LogP contribution in [-0.4, -0.2) is 16.6 Å². The molecule has 0 unspecified atom stereocenters. The Labute approximate surface area is 87.9 Å². The topological polar surface area (TPSA) is 49.3 Å². The summed E-state index contributed by atoms with van der Waals surface area (Å²) in [4.78, 5) is 10.9. The minimum Gasteiger partial charge on any atom is -0.478 e. The summed E-state index contributed by atoms with van der Waals surface area (Å²) >= 11 is 0. The predicted octanol–water partition coefficient (Wildman–Crippen LogP) is 2.73. The Balaban J connectivity index is 3.12. The molecule has 0 bridgehead atoms. The lowest BCUT2D eigenvalue weighted by Gasteiger charge is -2.23. The van der Waals surface area contributed by atoms with Gasteiger partial charge in [-0.2, -0.15) is 0 Å². The second-order valence-corrected chi connectivity index (χ2v) is 4.37. The van der Waals surface area contributed by atoms with E-state index >= 15 is 0 Å². The van der Waals surface area contributed by atoms with Gasteiger partial charge in [0.25, 0.3) is 0 Å². The zero-order chi connectivity index (χ0) is 11.6. The second-order valence-electron chi connectivity index (χ2n) is 4.37. The van der Waals surface area contributed by atoms with Gasteiger partial charge in [0.1, 0.15) is 5.82 Å². The molecule has 0 saturated heterocycles. The summed E-state index contributed by atoms with van der Waals surface area (Å²) in [5, 5.41) is 11.9. The Morgan fingerprint density at radius 1 is 1.40 bits per heavy atom. The minimum absolute atomic E-state index is 0.0510. The van der Waals surface area contributed by atoms with Gasteiger partial charge in [0.05, 0.1) is 5.56 Å². The lowest BCUT2D eigenvalue weighted by atomic mass is 10.1. The summed E-state index contributed by atoms with van der Waals surface area (Å²) in [6, 6.07) is 3.68. The van der Waals surface area contributed by atoms with E-state index in [4.69, 9.17) is 5.11 Å². The molecule has 0 heterocycles. The Morgan fingerprint density at radius 3 is 2.47 bits per heavy atom. The van der Waals surface area contributed by atoms with Gasteiger partial charge in [-0.1, -0.05) is 0 Å². The average Bonchev–Trinajstić information content (AvgIpc) is 2.05. The third-order valence-electron chi connectivity index (χ3n) is 1.72. The van der Waals surface area contributed by atoms with Gasteiger partial charge in [-0.3, -0.25) is 0 Å². The van der Waals surface area contributed by atoms with Crippen molar-refractivity contribution >= 4 is 11.7 Å². The zero-order valence-corrected chi connectivity index (χ0v) is 8.97. The fourth-order valence-corrected chi connectivity index (χ4v) is 1.21. The van der Waals surface area contributed by atoms with Crippen LogP contribution in [0.3, 0.4) is 0 Å². The van der Waals surface area contributed by atoms with Crippen molar-refractivity contribution in [3.05, 3.63) is 29.6 Å². The van der Waals surface area contributed by atoms with Crippen molar-refractivity contribution in [1.82, 2.24) is 0 Å². The summed E-state index contributed by atoms with van der Waals surface area (Å²) < 4.78 is 12.8. The fourth-order valence-electron chi connectivity index (χ4n) is 1.21. The Morgan fingerprint density at radius 2 is 2.00 bits per heavy atom. The standard InChI is InChI=1S/C11H14FNO2/c1-11(2,3)13-9-5-4-7(12)6-8(9)10(14)15/h4-6,13H,1-3H3,(H,14,15). The number of carbonyl (C=O) groups is 1. The molecular weight excluding hydrogens is 197 g/mol. The molecule has 82 valence electrons. The van der Waals surface area contributed by atoms with Crippen LogP contribution in [0, 0.1) is 5.82 Å². The van der Waals surface area contributed by atoms with Crippen LogP contribution in [0.15, 0.2) is 18.2 Å². The second kappa shape index (κ2) is 3.88. The number of hydrogen-bond acceptors (Lipinski definition) is 2. The molecule has 0 aliphatic carbocycles. The predicted molar refractivity (Wildman–Crippen MR) is 56.7 cm³/mol. The Bertz CT molecular complexity index is 383. The van der Waals surface area contributed by atoms with Gasteiger partial charge in [-0.25, -0.2) is 9.18 Å². The summed E-state index contributed by atoms with van der Waals surface area (Å²) in [5.41, 5.74) is 0.114. The highest BCUT2D eigenvalue weighted by atomic mass is 19.1. The molecule has 0 fully saturated rings. The maximum atomic E-state index is 12.8. The molecule has 0 radical (unpaired) electrons. The number of carboxylic acid groups (broad SMARTS) is 1. The van der Waals surface area contributed by atoms with Gasteiger partial charge in [-0.15, -0.1) is 0 Å². The average molecular weight is 211 g/mol. The first-order valence-corrected chi connectivity index (χ1v) is 4.60. The number of benzene rings is 1. The quantitative estimate of drug-likeness (QED) is 0.790. The van der Waals surface area contributed by atoms with E-state index in [1.54, 1.807) is 0 Å². The monoisotopic (exact) mass is 211 g/mol. The molecule has 2 N–H and O–H groups in total. The first kappa shape index (κ1) is 11.5. The van der Waals surface area contributed by atoms with Crippen LogP contribution in [-0.2, 0) is 0 Å². The number of carboxylic acids is 1. The molecule has 1 aromatic rings. The van der Waals surface area contributed by atoms with Gasteiger partial charge in [0.2, 0.25) is 0 Å². The van der Waals surface area contributed by atoms with Gasteiger partial charge >= 0.3 is 5.97 Å². The van der Waals surface area contributed by atoms with Crippen LogP contribution in [0.1, 0.15) is 31.1 Å². The van der Waals surface area contributed by atoms with E-state index in [9.17, 15) is 9.18 Å². The highest BCUT2D eigenvalue weighted by Gasteiger charge is 2.16. The number of nitrogens with one attached hydrogen (secondary N) is 1. The SMILES string of the molecule is CC(C)(C)Nc1ccc(F)cc1C(=O)O. The molecule has 0 aliphatic heterocycles. The molecule has 3 nitrogen and oxygen atoms in total. The highest BCUT2D eigenvalue weighted by molar-refractivity contribution is 5.94. The fraction of sp³-hybridized carbons (Fsp3) is 0.364. The van der Waals surface area contributed by atoms with Crippen molar-refractivity contribution in [3.63, 3.8) is 0 Å². The van der Waals surface area contributed by atoms with Gasteiger partial charge in [0, 0.05) is 11.2 Å². The van der Waals surface area contributed by atoms with E-state index in [0.29, 0.717) is 5.69 Å². The van der Waals surface area contributed by atoms with E-state index in [0.717, 1.165) is 6.07 Å². The van der Waals surface area contributed by atoms with Crippen molar-refractivity contribution < 1.29 is 14.3 Å². The minimum atomic E-state index is -1.14. The number of anilines is 1. The first-order valence-electron chi connectivity index (χ1n) is 4.60. The maximum absolute atomic E-state index is 12.8. The van der Waals surface area contributed by atoms with Crippen LogP contribution < -0.4 is 5.32 Å². The van der Waals surface area contributed by atoms with Gasteiger partial charge in [-0.05, 0) is 39.0 Å². The molecule has 0 amide bonds. The molecule has 1 aromatic carbocycles. The van der Waals surface area contributed by atoms with E-state index < -0.39 is 11.8 Å². The molecular formula is C11H14FNO2. The molecule has 0 aliphatic rings. The zero-order valence-electron chi connectivity index (χ0n) is 8.97. The van der Waals surface area contributed by atoms with Crippen LogP contribution in [0.5, 0.6) is 0 Å². The van der Waals surface area contributed by atoms with Gasteiger partial charge in [0.15, 0.2) is 0 Å². The highest BCUT2D eigenvalue weighted by Crippen LogP contribution is 2.20. The smallest absolute Gasteiger partial charge is 0.337 e. The summed E-state index contributed by atoms with van der Waals surface area (Å²) in [6.45, 7) is 5.71. The first-order chi connectivity index (χ1) is 6.79. The summed E-state index contributed by atoms with van der Waals surface area (Å²) in [5.74, 6) is -1.69. The molecule has 4 heteroatoms. The van der Waals surface area contributed by atoms with Crippen molar-refractivity contribution in [2.24, 2.45) is 0 Å². The van der Waals surface area contributed by atoms with E-state index in [1.165, 1.54) is 12.1 Å².